The van der Waals surface area contributed by atoms with Gasteiger partial charge in [0.05, 0.1) is 12.2 Å². The Bertz CT molecular complexity index is 528. The molecule has 1 aromatic carbocycles. The highest BCUT2D eigenvalue weighted by atomic mass is 127. The Kier molecular flexibility index (Phi) is 3.76. The molecule has 0 N–H and O–H groups in total. The largest absolute Gasteiger partial charge is 0.241 e. The molecular formula is C10H7IN4S. The highest BCUT2D eigenvalue weighted by molar-refractivity contribution is 14.1. The number of thiazole rings is 1. The molecule has 80 valence electrons. The molecule has 0 spiro atoms. The van der Waals surface area contributed by atoms with Crippen LogP contribution >= 0.6 is 33.9 Å². The van der Waals surface area contributed by atoms with Gasteiger partial charge in [-0.05, 0) is 40.3 Å². The molecule has 0 atom stereocenters. The smallest absolute Gasteiger partial charge is 0.123 e. The lowest BCUT2D eigenvalue weighted by Gasteiger charge is -1.95. The highest BCUT2D eigenvalue weighted by Gasteiger charge is 2.03. The average molecular weight is 342 g/mol. The zero-order chi connectivity index (χ0) is 11.4. The third-order valence-corrected chi connectivity index (χ3v) is 3.60. The van der Waals surface area contributed by atoms with Crippen LogP contribution in [0.15, 0.2) is 34.8 Å². The van der Waals surface area contributed by atoms with Crippen LogP contribution in [0.25, 0.3) is 21.0 Å². The summed E-state index contributed by atoms with van der Waals surface area (Å²) in [5, 5.41) is 6.36. The molecule has 6 heteroatoms. The molecule has 0 amide bonds. The Labute approximate surface area is 110 Å². The zero-order valence-electron chi connectivity index (χ0n) is 8.17. The molecule has 1 heterocycles. The SMILES string of the molecule is [N-]=[N+]=NCc1csc(-c2ccc(I)cc2)n1. The van der Waals surface area contributed by atoms with Gasteiger partial charge in [0.2, 0.25) is 0 Å². The van der Waals surface area contributed by atoms with E-state index >= 15 is 0 Å². The molecule has 0 aliphatic rings. The molecule has 16 heavy (non-hydrogen) atoms. The topological polar surface area (TPSA) is 61.7 Å². The average Bonchev–Trinajstić information content (AvgIpc) is 2.76. The maximum Gasteiger partial charge on any atom is 0.123 e. The van der Waals surface area contributed by atoms with E-state index in [4.69, 9.17) is 5.53 Å². The first kappa shape index (κ1) is 11.4. The number of rotatable bonds is 3. The summed E-state index contributed by atoms with van der Waals surface area (Å²) in [7, 11) is 0. The molecule has 0 bridgehead atoms. The molecule has 0 aliphatic heterocycles. The second-order valence-electron chi connectivity index (χ2n) is 3.04. The van der Waals surface area contributed by atoms with Crippen molar-refractivity contribution >= 4 is 33.9 Å². The fourth-order valence-electron chi connectivity index (χ4n) is 1.21. The van der Waals surface area contributed by atoms with Crippen molar-refractivity contribution < 1.29 is 0 Å². The van der Waals surface area contributed by atoms with E-state index in [2.05, 4.69) is 37.6 Å². The van der Waals surface area contributed by atoms with E-state index in [9.17, 15) is 0 Å². The second-order valence-corrected chi connectivity index (χ2v) is 5.14. The van der Waals surface area contributed by atoms with Crippen LogP contribution in [0.5, 0.6) is 0 Å². The van der Waals surface area contributed by atoms with Gasteiger partial charge in [-0.15, -0.1) is 11.3 Å². The van der Waals surface area contributed by atoms with E-state index in [1.165, 1.54) is 3.57 Å². The predicted octanol–water partition coefficient (Wildman–Crippen LogP) is 4.23. The summed E-state index contributed by atoms with van der Waals surface area (Å²) in [5.74, 6) is 0. The van der Waals surface area contributed by atoms with Crippen LogP contribution in [0.2, 0.25) is 0 Å². The van der Waals surface area contributed by atoms with Crippen LogP contribution < -0.4 is 0 Å². The van der Waals surface area contributed by atoms with Gasteiger partial charge >= 0.3 is 0 Å². The molecule has 0 fully saturated rings. The van der Waals surface area contributed by atoms with Gasteiger partial charge in [0, 0.05) is 19.4 Å². The van der Waals surface area contributed by atoms with Gasteiger partial charge in [-0.25, -0.2) is 4.98 Å². The molecular weight excluding hydrogens is 335 g/mol. The first-order chi connectivity index (χ1) is 7.79. The van der Waals surface area contributed by atoms with E-state index < -0.39 is 0 Å². The third kappa shape index (κ3) is 2.72. The molecule has 0 unspecified atom stereocenters. The summed E-state index contributed by atoms with van der Waals surface area (Å²) in [6.45, 7) is 0.317. The van der Waals surface area contributed by atoms with Crippen molar-refractivity contribution in [2.75, 3.05) is 0 Å². The number of aromatic nitrogens is 1. The Balaban J connectivity index is 2.24. The van der Waals surface area contributed by atoms with E-state index in [-0.39, 0.29) is 0 Å². The summed E-state index contributed by atoms with van der Waals surface area (Å²) in [5.41, 5.74) is 10.1. The van der Waals surface area contributed by atoms with Gasteiger partial charge in [0.1, 0.15) is 5.01 Å². The van der Waals surface area contributed by atoms with E-state index in [0.717, 1.165) is 16.3 Å². The van der Waals surface area contributed by atoms with Crippen molar-refractivity contribution in [2.45, 2.75) is 6.54 Å². The Morgan fingerprint density at radius 3 is 2.81 bits per heavy atom. The molecule has 0 saturated carbocycles. The lowest BCUT2D eigenvalue weighted by molar-refractivity contribution is 0.996. The number of hydrogen-bond acceptors (Lipinski definition) is 3. The first-order valence-electron chi connectivity index (χ1n) is 4.51. The summed E-state index contributed by atoms with van der Waals surface area (Å²) >= 11 is 3.83. The number of nitrogens with zero attached hydrogens (tertiary/aromatic N) is 4. The van der Waals surface area contributed by atoms with Gasteiger partial charge in [-0.2, -0.15) is 0 Å². The lowest BCUT2D eigenvalue weighted by Crippen LogP contribution is -1.81. The van der Waals surface area contributed by atoms with Crippen LogP contribution in [0, 0.1) is 3.57 Å². The number of hydrogen-bond donors (Lipinski definition) is 0. The van der Waals surface area contributed by atoms with Crippen LogP contribution in [0.4, 0.5) is 0 Å². The maximum atomic E-state index is 8.22. The lowest BCUT2D eigenvalue weighted by atomic mass is 10.2. The zero-order valence-corrected chi connectivity index (χ0v) is 11.1. The minimum absolute atomic E-state index is 0.317. The normalized spacial score (nSPS) is 9.81. The quantitative estimate of drug-likeness (QED) is 0.356. The fourth-order valence-corrected chi connectivity index (χ4v) is 2.39. The molecule has 4 nitrogen and oxygen atoms in total. The van der Waals surface area contributed by atoms with Crippen molar-refractivity contribution in [3.63, 3.8) is 0 Å². The third-order valence-electron chi connectivity index (χ3n) is 1.94. The number of halogens is 1. The van der Waals surface area contributed by atoms with E-state index in [1.54, 1.807) is 11.3 Å². The van der Waals surface area contributed by atoms with Crippen LogP contribution in [0.3, 0.4) is 0 Å². The predicted molar refractivity (Wildman–Crippen MR) is 73.1 cm³/mol. The summed E-state index contributed by atoms with van der Waals surface area (Å²) in [6, 6.07) is 8.17. The van der Waals surface area contributed by atoms with Gasteiger partial charge in [-0.1, -0.05) is 17.2 Å². The Morgan fingerprint density at radius 2 is 2.12 bits per heavy atom. The van der Waals surface area contributed by atoms with Crippen molar-refractivity contribution in [2.24, 2.45) is 5.11 Å². The van der Waals surface area contributed by atoms with Gasteiger partial charge < -0.3 is 0 Å². The monoisotopic (exact) mass is 342 g/mol. The Morgan fingerprint density at radius 1 is 1.38 bits per heavy atom. The molecule has 0 aliphatic carbocycles. The molecule has 2 rings (SSSR count). The van der Waals surface area contributed by atoms with Crippen molar-refractivity contribution in [3.05, 3.63) is 49.4 Å². The second kappa shape index (κ2) is 5.29. The molecule has 1 aromatic heterocycles. The van der Waals surface area contributed by atoms with Crippen molar-refractivity contribution in [1.82, 2.24) is 4.98 Å². The highest BCUT2D eigenvalue weighted by Crippen LogP contribution is 2.24. The van der Waals surface area contributed by atoms with Crippen LogP contribution in [-0.2, 0) is 6.54 Å². The maximum absolute atomic E-state index is 8.22. The fraction of sp³-hybridized carbons (Fsp3) is 0.100. The molecule has 2 aromatic rings. The minimum Gasteiger partial charge on any atom is -0.241 e. The van der Waals surface area contributed by atoms with Gasteiger partial charge in [0.25, 0.3) is 0 Å². The number of benzene rings is 1. The number of azide groups is 1. The summed E-state index contributed by atoms with van der Waals surface area (Å²) in [6.07, 6.45) is 0. The summed E-state index contributed by atoms with van der Waals surface area (Å²) < 4.78 is 1.20. The van der Waals surface area contributed by atoms with Crippen molar-refractivity contribution in [3.8, 4) is 10.6 Å². The van der Waals surface area contributed by atoms with Gasteiger partial charge in [0.15, 0.2) is 0 Å². The first-order valence-corrected chi connectivity index (χ1v) is 6.46. The summed E-state index contributed by atoms with van der Waals surface area (Å²) in [4.78, 5) is 7.11. The van der Waals surface area contributed by atoms with Gasteiger partial charge in [-0.3, -0.25) is 0 Å². The Hall–Kier alpha value is -1.11. The molecule has 0 saturated heterocycles. The van der Waals surface area contributed by atoms with Crippen molar-refractivity contribution in [1.29, 1.82) is 0 Å². The molecule has 0 radical (unpaired) electrons. The van der Waals surface area contributed by atoms with Crippen LogP contribution in [-0.4, -0.2) is 4.98 Å². The standard InChI is InChI=1S/C10H7IN4S/c11-8-3-1-7(2-4-8)10-14-9(6-16-10)5-13-15-12/h1-4,6H,5H2. The van der Waals surface area contributed by atoms with E-state index in [1.807, 2.05) is 29.6 Å². The minimum atomic E-state index is 0.317. The van der Waals surface area contributed by atoms with E-state index in [0.29, 0.717) is 6.54 Å². The van der Waals surface area contributed by atoms with Crippen LogP contribution in [0.1, 0.15) is 5.69 Å².